The Morgan fingerprint density at radius 1 is 1.38 bits per heavy atom. The minimum Gasteiger partial charge on any atom is -0.423 e. The van der Waals surface area contributed by atoms with Crippen molar-refractivity contribution in [1.82, 2.24) is 4.98 Å². The molecule has 0 bridgehead atoms. The van der Waals surface area contributed by atoms with E-state index < -0.39 is 0 Å². The van der Waals surface area contributed by atoms with Crippen molar-refractivity contribution >= 4 is 17.1 Å². The predicted molar refractivity (Wildman–Crippen MR) is 65.5 cm³/mol. The molecule has 16 heavy (non-hydrogen) atoms. The molecule has 0 saturated heterocycles. The molecule has 0 aliphatic rings. The van der Waals surface area contributed by atoms with Gasteiger partial charge in [0.2, 0.25) is 0 Å². The summed E-state index contributed by atoms with van der Waals surface area (Å²) < 4.78 is 5.68. The van der Waals surface area contributed by atoms with Crippen LogP contribution < -0.4 is 10.6 Å². The first-order chi connectivity index (χ1) is 7.54. The third-order valence-corrected chi connectivity index (χ3v) is 2.98. The predicted octanol–water partition coefficient (Wildman–Crippen LogP) is 2.00. The number of aromatic nitrogens is 1. The molecule has 1 aromatic heterocycles. The SMILES string of the molecule is CN(c1nc2ccccc2o1)C(C)(C)CN. The smallest absolute Gasteiger partial charge is 0.298 e. The summed E-state index contributed by atoms with van der Waals surface area (Å²) >= 11 is 0. The van der Waals surface area contributed by atoms with Crippen molar-refractivity contribution in [1.29, 1.82) is 0 Å². The van der Waals surface area contributed by atoms with E-state index >= 15 is 0 Å². The van der Waals surface area contributed by atoms with Gasteiger partial charge in [-0.15, -0.1) is 0 Å². The van der Waals surface area contributed by atoms with Crippen molar-refractivity contribution in [2.24, 2.45) is 5.73 Å². The molecule has 4 heteroatoms. The lowest BCUT2D eigenvalue weighted by Gasteiger charge is -2.32. The number of anilines is 1. The standard InChI is InChI=1S/C12H17N3O/c1-12(2,8-13)15(3)11-14-9-6-4-5-7-10(9)16-11/h4-7H,8,13H2,1-3H3. The highest BCUT2D eigenvalue weighted by molar-refractivity contribution is 5.74. The van der Waals surface area contributed by atoms with Crippen molar-refractivity contribution in [3.05, 3.63) is 24.3 Å². The number of likely N-dealkylation sites (N-methyl/N-ethyl adjacent to an activating group) is 1. The van der Waals surface area contributed by atoms with Gasteiger partial charge in [-0.3, -0.25) is 0 Å². The molecule has 0 radical (unpaired) electrons. The molecule has 0 unspecified atom stereocenters. The summed E-state index contributed by atoms with van der Waals surface area (Å²) in [6.45, 7) is 4.66. The summed E-state index contributed by atoms with van der Waals surface area (Å²) in [6.07, 6.45) is 0. The number of oxazole rings is 1. The van der Waals surface area contributed by atoms with Crippen LogP contribution in [0.3, 0.4) is 0 Å². The van der Waals surface area contributed by atoms with Crippen LogP contribution in [0.2, 0.25) is 0 Å². The Morgan fingerprint density at radius 3 is 2.69 bits per heavy atom. The van der Waals surface area contributed by atoms with Gasteiger partial charge in [-0.1, -0.05) is 12.1 Å². The van der Waals surface area contributed by atoms with E-state index in [1.54, 1.807) is 0 Å². The second-order valence-electron chi connectivity index (χ2n) is 4.54. The van der Waals surface area contributed by atoms with Crippen LogP contribution in [0.5, 0.6) is 0 Å². The van der Waals surface area contributed by atoms with Crippen LogP contribution in [0.25, 0.3) is 11.1 Å². The Labute approximate surface area is 95.1 Å². The zero-order valence-corrected chi connectivity index (χ0v) is 9.90. The van der Waals surface area contributed by atoms with Gasteiger partial charge in [-0.2, -0.15) is 4.98 Å². The molecule has 1 aromatic carbocycles. The fraction of sp³-hybridized carbons (Fsp3) is 0.417. The third kappa shape index (κ3) is 1.76. The van der Waals surface area contributed by atoms with Gasteiger partial charge in [0, 0.05) is 13.6 Å². The zero-order valence-electron chi connectivity index (χ0n) is 9.90. The van der Waals surface area contributed by atoms with Crippen LogP contribution in [0.4, 0.5) is 6.01 Å². The number of hydrogen-bond donors (Lipinski definition) is 1. The first-order valence-electron chi connectivity index (χ1n) is 5.34. The number of benzene rings is 1. The van der Waals surface area contributed by atoms with E-state index in [1.807, 2.05) is 36.2 Å². The number of fused-ring (bicyclic) bond motifs is 1. The summed E-state index contributed by atoms with van der Waals surface area (Å²) in [5.41, 5.74) is 7.24. The van der Waals surface area contributed by atoms with Crippen LogP contribution >= 0.6 is 0 Å². The molecule has 0 fully saturated rings. The van der Waals surface area contributed by atoms with Crippen molar-refractivity contribution in [2.75, 3.05) is 18.5 Å². The monoisotopic (exact) mass is 219 g/mol. The molecule has 2 N–H and O–H groups in total. The van der Waals surface area contributed by atoms with Gasteiger partial charge in [-0.05, 0) is 26.0 Å². The molecule has 0 aliphatic carbocycles. The van der Waals surface area contributed by atoms with Gasteiger partial charge in [0.25, 0.3) is 6.01 Å². The molecular formula is C12H17N3O. The average Bonchev–Trinajstić information content (AvgIpc) is 2.71. The summed E-state index contributed by atoms with van der Waals surface area (Å²) in [5, 5.41) is 0. The second kappa shape index (κ2) is 3.79. The fourth-order valence-corrected chi connectivity index (χ4v) is 1.40. The van der Waals surface area contributed by atoms with Crippen molar-refractivity contribution < 1.29 is 4.42 Å². The summed E-state index contributed by atoms with van der Waals surface area (Å²) in [6, 6.07) is 8.34. The first kappa shape index (κ1) is 11.0. The van der Waals surface area contributed by atoms with Crippen LogP contribution in [-0.2, 0) is 0 Å². The van der Waals surface area contributed by atoms with Crippen LogP contribution in [0, 0.1) is 0 Å². The molecule has 86 valence electrons. The van der Waals surface area contributed by atoms with Gasteiger partial charge in [0.1, 0.15) is 5.52 Å². The molecule has 0 aliphatic heterocycles. The van der Waals surface area contributed by atoms with Gasteiger partial charge >= 0.3 is 0 Å². The van der Waals surface area contributed by atoms with Gasteiger partial charge in [0.15, 0.2) is 5.58 Å². The highest BCUT2D eigenvalue weighted by Crippen LogP contribution is 2.25. The zero-order chi connectivity index (χ0) is 11.8. The van der Waals surface area contributed by atoms with E-state index in [-0.39, 0.29) is 5.54 Å². The number of nitrogens with two attached hydrogens (primary N) is 1. The Morgan fingerprint density at radius 2 is 2.06 bits per heavy atom. The van der Waals surface area contributed by atoms with E-state index in [2.05, 4.69) is 18.8 Å². The molecular weight excluding hydrogens is 202 g/mol. The normalized spacial score (nSPS) is 12.0. The summed E-state index contributed by atoms with van der Waals surface area (Å²) in [7, 11) is 1.94. The molecule has 0 amide bonds. The van der Waals surface area contributed by atoms with Crippen molar-refractivity contribution in [2.45, 2.75) is 19.4 Å². The van der Waals surface area contributed by atoms with E-state index in [9.17, 15) is 0 Å². The maximum Gasteiger partial charge on any atom is 0.298 e. The average molecular weight is 219 g/mol. The lowest BCUT2D eigenvalue weighted by atomic mass is 10.1. The first-order valence-corrected chi connectivity index (χ1v) is 5.34. The maximum absolute atomic E-state index is 5.73. The third-order valence-electron chi connectivity index (χ3n) is 2.98. The quantitative estimate of drug-likeness (QED) is 0.857. The van der Waals surface area contributed by atoms with E-state index in [4.69, 9.17) is 10.2 Å². The van der Waals surface area contributed by atoms with Gasteiger partial charge in [0.05, 0.1) is 5.54 Å². The molecule has 0 spiro atoms. The van der Waals surface area contributed by atoms with Crippen LogP contribution in [0.15, 0.2) is 28.7 Å². The number of para-hydroxylation sites is 2. The topological polar surface area (TPSA) is 55.3 Å². The highest BCUT2D eigenvalue weighted by atomic mass is 16.4. The Bertz CT molecular complexity index is 457. The molecule has 4 nitrogen and oxygen atoms in total. The summed E-state index contributed by atoms with van der Waals surface area (Å²) in [5.74, 6) is 0. The molecule has 0 saturated carbocycles. The second-order valence-corrected chi connectivity index (χ2v) is 4.54. The Hall–Kier alpha value is -1.55. The van der Waals surface area contributed by atoms with Crippen molar-refractivity contribution in [3.8, 4) is 0 Å². The Balaban J connectivity index is 2.40. The fourth-order valence-electron chi connectivity index (χ4n) is 1.40. The van der Waals surface area contributed by atoms with Crippen LogP contribution in [0.1, 0.15) is 13.8 Å². The minimum atomic E-state index is -0.166. The molecule has 1 heterocycles. The van der Waals surface area contributed by atoms with E-state index in [1.165, 1.54) is 0 Å². The largest absolute Gasteiger partial charge is 0.423 e. The molecule has 0 atom stereocenters. The highest BCUT2D eigenvalue weighted by Gasteiger charge is 2.25. The van der Waals surface area contributed by atoms with E-state index in [0.717, 1.165) is 11.1 Å². The lowest BCUT2D eigenvalue weighted by molar-refractivity contribution is 0.452. The van der Waals surface area contributed by atoms with E-state index in [0.29, 0.717) is 12.6 Å². The van der Waals surface area contributed by atoms with Gasteiger partial charge < -0.3 is 15.1 Å². The van der Waals surface area contributed by atoms with Crippen molar-refractivity contribution in [3.63, 3.8) is 0 Å². The molecule has 2 aromatic rings. The molecule has 2 rings (SSSR count). The number of rotatable bonds is 3. The van der Waals surface area contributed by atoms with Gasteiger partial charge in [-0.25, -0.2) is 0 Å². The van der Waals surface area contributed by atoms with Crippen LogP contribution in [-0.4, -0.2) is 24.1 Å². The lowest BCUT2D eigenvalue weighted by Crippen LogP contribution is -2.47. The Kier molecular flexibility index (Phi) is 2.59. The minimum absolute atomic E-state index is 0.166. The summed E-state index contributed by atoms with van der Waals surface area (Å²) in [4.78, 5) is 6.40. The number of hydrogen-bond acceptors (Lipinski definition) is 4. The number of nitrogens with zero attached hydrogens (tertiary/aromatic N) is 2. The maximum atomic E-state index is 5.73.